The van der Waals surface area contributed by atoms with Crippen molar-refractivity contribution < 1.29 is 9.53 Å². The van der Waals surface area contributed by atoms with Gasteiger partial charge in [-0.2, -0.15) is 0 Å². The van der Waals surface area contributed by atoms with Crippen molar-refractivity contribution in [2.75, 3.05) is 19.6 Å². The summed E-state index contributed by atoms with van der Waals surface area (Å²) in [7, 11) is 0. The van der Waals surface area contributed by atoms with Crippen LogP contribution >= 0.6 is 0 Å². The smallest absolute Gasteiger partial charge is 0.410 e. The van der Waals surface area contributed by atoms with Gasteiger partial charge in [-0.3, -0.25) is 0 Å². The van der Waals surface area contributed by atoms with Crippen molar-refractivity contribution in [1.82, 2.24) is 10.2 Å². The number of hydrogen-bond donors (Lipinski definition) is 1. The number of nitrogens with zero attached hydrogens (tertiary/aromatic N) is 1. The maximum absolute atomic E-state index is 11.9. The molecule has 0 spiro atoms. The molecule has 1 fully saturated rings. The third-order valence-corrected chi connectivity index (χ3v) is 3.61. The highest BCUT2D eigenvalue weighted by Gasteiger charge is 2.26. The quantitative estimate of drug-likeness (QED) is 0.758. The lowest BCUT2D eigenvalue weighted by atomic mass is 10.1. The molecule has 1 aliphatic rings. The monoisotopic (exact) mass is 284 g/mol. The first-order chi connectivity index (χ1) is 9.42. The number of rotatable bonds is 6. The average Bonchev–Trinajstić information content (AvgIpc) is 2.37. The molecule has 118 valence electrons. The SMILES string of the molecule is CCCCCCNC1CCN(C(=O)OC(C)(C)C)CC1. The molecular weight excluding hydrogens is 252 g/mol. The maximum atomic E-state index is 11.9. The van der Waals surface area contributed by atoms with E-state index in [0.29, 0.717) is 6.04 Å². The average molecular weight is 284 g/mol. The lowest BCUT2D eigenvalue weighted by Gasteiger charge is -2.33. The second-order valence-electron chi connectivity index (χ2n) is 6.76. The zero-order valence-electron chi connectivity index (χ0n) is 13.7. The Morgan fingerprint density at radius 2 is 1.85 bits per heavy atom. The molecule has 0 aliphatic carbocycles. The van der Waals surface area contributed by atoms with Gasteiger partial charge in [0.15, 0.2) is 0 Å². The number of likely N-dealkylation sites (tertiary alicyclic amines) is 1. The second kappa shape index (κ2) is 8.50. The number of hydrogen-bond acceptors (Lipinski definition) is 3. The Kier molecular flexibility index (Phi) is 7.35. The zero-order chi connectivity index (χ0) is 15.0. The predicted octanol–water partition coefficient (Wildman–Crippen LogP) is 3.56. The van der Waals surface area contributed by atoms with Crippen LogP contribution in [0.2, 0.25) is 0 Å². The van der Waals surface area contributed by atoms with Gasteiger partial charge in [0.1, 0.15) is 5.60 Å². The molecule has 1 amide bonds. The van der Waals surface area contributed by atoms with Gasteiger partial charge < -0.3 is 15.0 Å². The zero-order valence-corrected chi connectivity index (χ0v) is 13.7. The summed E-state index contributed by atoms with van der Waals surface area (Å²) in [6, 6.07) is 0.565. The van der Waals surface area contributed by atoms with Crippen LogP contribution in [0.25, 0.3) is 0 Å². The third kappa shape index (κ3) is 7.13. The summed E-state index contributed by atoms with van der Waals surface area (Å²) in [4.78, 5) is 13.8. The molecule has 0 aromatic heterocycles. The molecule has 1 aliphatic heterocycles. The third-order valence-electron chi connectivity index (χ3n) is 3.61. The fourth-order valence-electron chi connectivity index (χ4n) is 2.45. The van der Waals surface area contributed by atoms with E-state index in [0.717, 1.165) is 32.5 Å². The van der Waals surface area contributed by atoms with E-state index in [4.69, 9.17) is 4.74 Å². The van der Waals surface area contributed by atoms with Crippen molar-refractivity contribution in [3.05, 3.63) is 0 Å². The number of amides is 1. The van der Waals surface area contributed by atoms with Gasteiger partial charge in [-0.1, -0.05) is 26.2 Å². The minimum Gasteiger partial charge on any atom is -0.444 e. The number of carbonyl (C=O) groups excluding carboxylic acids is 1. The van der Waals surface area contributed by atoms with Crippen molar-refractivity contribution in [3.8, 4) is 0 Å². The number of unbranched alkanes of at least 4 members (excludes halogenated alkanes) is 3. The van der Waals surface area contributed by atoms with Crippen molar-refractivity contribution in [2.45, 2.75) is 77.9 Å². The second-order valence-corrected chi connectivity index (χ2v) is 6.76. The van der Waals surface area contributed by atoms with Gasteiger partial charge in [0.2, 0.25) is 0 Å². The number of ether oxygens (including phenoxy) is 1. The molecule has 1 saturated heterocycles. The molecule has 20 heavy (non-hydrogen) atoms. The summed E-state index contributed by atoms with van der Waals surface area (Å²) in [5.41, 5.74) is -0.397. The van der Waals surface area contributed by atoms with Crippen LogP contribution in [-0.2, 0) is 4.74 Å². The normalized spacial score (nSPS) is 17.3. The first-order valence-electron chi connectivity index (χ1n) is 8.13. The van der Waals surface area contributed by atoms with Crippen molar-refractivity contribution in [3.63, 3.8) is 0 Å². The van der Waals surface area contributed by atoms with Crippen molar-refractivity contribution in [2.24, 2.45) is 0 Å². The van der Waals surface area contributed by atoms with Crippen LogP contribution in [0.15, 0.2) is 0 Å². The van der Waals surface area contributed by atoms with Gasteiger partial charge in [-0.25, -0.2) is 4.79 Å². The van der Waals surface area contributed by atoms with Crippen LogP contribution in [0.3, 0.4) is 0 Å². The maximum Gasteiger partial charge on any atom is 0.410 e. The van der Waals surface area contributed by atoms with Crippen molar-refractivity contribution in [1.29, 1.82) is 0 Å². The van der Waals surface area contributed by atoms with E-state index in [2.05, 4.69) is 12.2 Å². The number of piperidine rings is 1. The number of nitrogens with one attached hydrogen (secondary N) is 1. The Hall–Kier alpha value is -0.770. The molecule has 0 aromatic rings. The molecule has 4 nitrogen and oxygen atoms in total. The van der Waals surface area contributed by atoms with Crippen LogP contribution in [0, 0.1) is 0 Å². The van der Waals surface area contributed by atoms with E-state index in [1.165, 1.54) is 25.7 Å². The van der Waals surface area contributed by atoms with Crippen LogP contribution < -0.4 is 5.32 Å². The Morgan fingerprint density at radius 3 is 2.40 bits per heavy atom. The minimum atomic E-state index is -0.397. The van der Waals surface area contributed by atoms with Crippen LogP contribution in [0.5, 0.6) is 0 Å². The summed E-state index contributed by atoms with van der Waals surface area (Å²) < 4.78 is 5.40. The summed E-state index contributed by atoms with van der Waals surface area (Å²) >= 11 is 0. The first-order valence-corrected chi connectivity index (χ1v) is 8.13. The Labute approximate surface area is 124 Å². The van der Waals surface area contributed by atoms with Gasteiger partial charge >= 0.3 is 6.09 Å². The first kappa shape index (κ1) is 17.3. The van der Waals surface area contributed by atoms with E-state index in [9.17, 15) is 4.79 Å². The minimum absolute atomic E-state index is 0.168. The molecule has 0 saturated carbocycles. The van der Waals surface area contributed by atoms with Gasteiger partial charge in [-0.05, 0) is 46.6 Å². The van der Waals surface area contributed by atoms with Gasteiger partial charge in [0.25, 0.3) is 0 Å². The largest absolute Gasteiger partial charge is 0.444 e. The molecule has 0 unspecified atom stereocenters. The summed E-state index contributed by atoms with van der Waals surface area (Å²) in [5, 5.41) is 3.61. The summed E-state index contributed by atoms with van der Waals surface area (Å²) in [6.07, 6.45) is 7.10. The molecule has 0 radical (unpaired) electrons. The standard InChI is InChI=1S/C16H32N2O2/c1-5-6-7-8-11-17-14-9-12-18(13-10-14)15(19)20-16(2,3)4/h14,17H,5-13H2,1-4H3. The fourth-order valence-corrected chi connectivity index (χ4v) is 2.45. The topological polar surface area (TPSA) is 41.6 Å². The van der Waals surface area contributed by atoms with E-state index in [1.54, 1.807) is 0 Å². The van der Waals surface area contributed by atoms with Crippen molar-refractivity contribution >= 4 is 6.09 Å². The highest BCUT2D eigenvalue weighted by atomic mass is 16.6. The highest BCUT2D eigenvalue weighted by Crippen LogP contribution is 2.15. The van der Waals surface area contributed by atoms with Crippen LogP contribution in [-0.4, -0.2) is 42.3 Å². The predicted molar refractivity (Wildman–Crippen MR) is 83.0 cm³/mol. The molecule has 0 aromatic carbocycles. The molecule has 1 N–H and O–H groups in total. The molecular formula is C16H32N2O2. The van der Waals surface area contributed by atoms with Gasteiger partial charge in [0, 0.05) is 19.1 Å². The number of carbonyl (C=O) groups is 1. The van der Waals surface area contributed by atoms with E-state index in [-0.39, 0.29) is 6.09 Å². The summed E-state index contributed by atoms with van der Waals surface area (Å²) in [5.74, 6) is 0. The highest BCUT2D eigenvalue weighted by molar-refractivity contribution is 5.68. The lowest BCUT2D eigenvalue weighted by molar-refractivity contribution is 0.0198. The lowest BCUT2D eigenvalue weighted by Crippen LogP contribution is -2.46. The summed E-state index contributed by atoms with van der Waals surface area (Å²) in [6.45, 7) is 10.7. The Balaban J connectivity index is 2.15. The van der Waals surface area contributed by atoms with E-state index < -0.39 is 5.60 Å². The molecule has 1 rings (SSSR count). The molecule has 1 heterocycles. The van der Waals surface area contributed by atoms with Crippen LogP contribution in [0.4, 0.5) is 4.79 Å². The Bertz CT molecular complexity index is 279. The van der Waals surface area contributed by atoms with Gasteiger partial charge in [0.05, 0.1) is 0 Å². The van der Waals surface area contributed by atoms with E-state index in [1.807, 2.05) is 25.7 Å². The van der Waals surface area contributed by atoms with Gasteiger partial charge in [-0.15, -0.1) is 0 Å². The van der Waals surface area contributed by atoms with E-state index >= 15 is 0 Å². The fraction of sp³-hybridized carbons (Fsp3) is 0.938. The van der Waals surface area contributed by atoms with Crippen LogP contribution in [0.1, 0.15) is 66.2 Å². The molecule has 0 bridgehead atoms. The molecule has 4 heteroatoms. The molecule has 0 atom stereocenters. The Morgan fingerprint density at radius 1 is 1.20 bits per heavy atom.